The average Bonchev–Trinajstić information content (AvgIpc) is 3.01. The fraction of sp³-hybridized carbons (Fsp3) is 0.139. The summed E-state index contributed by atoms with van der Waals surface area (Å²) in [4.78, 5) is 38.9. The van der Waals surface area contributed by atoms with Gasteiger partial charge >= 0.3 is 0 Å². The van der Waals surface area contributed by atoms with E-state index in [-0.39, 0.29) is 11.5 Å². The van der Waals surface area contributed by atoms with Crippen LogP contribution in [0.1, 0.15) is 64.1 Å². The molecular formula is C36H34N2O4. The van der Waals surface area contributed by atoms with E-state index in [1.807, 2.05) is 25.1 Å². The Balaban J connectivity index is 1.47. The lowest BCUT2D eigenvalue weighted by Crippen LogP contribution is -2.30. The van der Waals surface area contributed by atoms with Crippen LogP contribution < -0.4 is 15.4 Å². The molecule has 0 radical (unpaired) electrons. The molecule has 0 heterocycles. The van der Waals surface area contributed by atoms with Crippen LogP contribution >= 0.6 is 0 Å². The molecule has 0 aliphatic carbocycles. The van der Waals surface area contributed by atoms with E-state index in [0.717, 1.165) is 5.56 Å². The summed E-state index contributed by atoms with van der Waals surface area (Å²) in [5, 5.41) is 5.54. The first-order valence-electron chi connectivity index (χ1n) is 13.9. The van der Waals surface area contributed by atoms with Gasteiger partial charge < -0.3 is 15.4 Å². The summed E-state index contributed by atoms with van der Waals surface area (Å²) in [7, 11) is 0. The number of allylic oxidation sites excluding steroid dienone is 1. The second kappa shape index (κ2) is 14.4. The second-order valence-electron chi connectivity index (χ2n) is 9.93. The lowest BCUT2D eigenvalue weighted by Gasteiger charge is -2.12. The standard InChI is InChI=1S/C36H34N2O4/c1-4-42-32-21-12-27(13-22-32)24-33(38-35(40)30-8-6-5-7-9-30)36(41)37-31-19-17-29(18-20-31)34(39)23-14-26-10-15-28(16-11-26)25(2)3/h5-25H,4H2,1-3H3,(H,37,41)(H,38,40)/b23-14+,33-24-. The molecule has 6 nitrogen and oxygen atoms in total. The summed E-state index contributed by atoms with van der Waals surface area (Å²) in [5.74, 6) is 0.101. The first-order chi connectivity index (χ1) is 20.3. The molecule has 2 N–H and O–H groups in total. The highest BCUT2D eigenvalue weighted by molar-refractivity contribution is 6.11. The van der Waals surface area contributed by atoms with Gasteiger partial charge in [-0.1, -0.05) is 74.5 Å². The van der Waals surface area contributed by atoms with E-state index >= 15 is 0 Å². The number of carbonyl (C=O) groups is 3. The topological polar surface area (TPSA) is 84.5 Å². The van der Waals surface area contributed by atoms with Crippen molar-refractivity contribution >= 4 is 35.4 Å². The molecule has 6 heteroatoms. The number of carbonyl (C=O) groups excluding carboxylic acids is 3. The van der Waals surface area contributed by atoms with Crippen LogP contribution in [-0.2, 0) is 4.79 Å². The first kappa shape index (κ1) is 29.7. The molecule has 4 aromatic rings. The van der Waals surface area contributed by atoms with Gasteiger partial charge in [-0.25, -0.2) is 0 Å². The number of rotatable bonds is 11. The van der Waals surface area contributed by atoms with Gasteiger partial charge in [0.15, 0.2) is 5.78 Å². The van der Waals surface area contributed by atoms with E-state index in [9.17, 15) is 14.4 Å². The molecule has 0 saturated carbocycles. The van der Waals surface area contributed by atoms with Gasteiger partial charge in [-0.05, 0) is 90.2 Å². The Kier molecular flexibility index (Phi) is 10.2. The number of ketones is 1. The largest absolute Gasteiger partial charge is 0.494 e. The Labute approximate surface area is 246 Å². The predicted molar refractivity (Wildman–Crippen MR) is 168 cm³/mol. The van der Waals surface area contributed by atoms with Crippen molar-refractivity contribution in [3.8, 4) is 5.75 Å². The molecule has 0 unspecified atom stereocenters. The van der Waals surface area contributed by atoms with Gasteiger partial charge in [-0.15, -0.1) is 0 Å². The van der Waals surface area contributed by atoms with Gasteiger partial charge in [0.25, 0.3) is 11.8 Å². The smallest absolute Gasteiger partial charge is 0.272 e. The number of nitrogens with one attached hydrogen (secondary N) is 2. The summed E-state index contributed by atoms with van der Waals surface area (Å²) >= 11 is 0. The fourth-order valence-corrected chi connectivity index (χ4v) is 4.11. The van der Waals surface area contributed by atoms with Crippen LogP contribution in [0.5, 0.6) is 5.75 Å². The molecule has 4 aromatic carbocycles. The Morgan fingerprint density at radius 3 is 2.02 bits per heavy atom. The zero-order valence-electron chi connectivity index (χ0n) is 24.0. The first-order valence-corrected chi connectivity index (χ1v) is 13.9. The van der Waals surface area contributed by atoms with Gasteiger partial charge in [0.2, 0.25) is 0 Å². The maximum absolute atomic E-state index is 13.3. The fourth-order valence-electron chi connectivity index (χ4n) is 4.11. The molecular weight excluding hydrogens is 524 g/mol. The SMILES string of the molecule is CCOc1ccc(/C=C(\NC(=O)c2ccccc2)C(=O)Nc2ccc(C(=O)/C=C/c3ccc(C(C)C)cc3)cc2)cc1. The normalized spacial score (nSPS) is 11.4. The Morgan fingerprint density at radius 2 is 1.40 bits per heavy atom. The predicted octanol–water partition coefficient (Wildman–Crippen LogP) is 7.51. The minimum Gasteiger partial charge on any atom is -0.494 e. The highest BCUT2D eigenvalue weighted by atomic mass is 16.5. The Morgan fingerprint density at radius 1 is 0.762 bits per heavy atom. The minimum atomic E-state index is -0.503. The van der Waals surface area contributed by atoms with Crippen LogP contribution in [0.4, 0.5) is 5.69 Å². The zero-order valence-corrected chi connectivity index (χ0v) is 24.0. The molecule has 0 aliphatic heterocycles. The van der Waals surface area contributed by atoms with Gasteiger partial charge in [-0.2, -0.15) is 0 Å². The molecule has 0 atom stereocenters. The number of benzene rings is 4. The van der Waals surface area contributed by atoms with Crippen molar-refractivity contribution in [2.45, 2.75) is 26.7 Å². The number of hydrogen-bond acceptors (Lipinski definition) is 4. The van der Waals surface area contributed by atoms with E-state index in [1.54, 1.807) is 84.9 Å². The molecule has 2 amide bonds. The summed E-state index contributed by atoms with van der Waals surface area (Å²) < 4.78 is 5.49. The Bertz CT molecular complexity index is 1570. The molecule has 0 saturated heterocycles. The summed E-state index contributed by atoms with van der Waals surface area (Å²) in [6.45, 7) is 6.73. The minimum absolute atomic E-state index is 0.0691. The van der Waals surface area contributed by atoms with Crippen LogP contribution in [0.25, 0.3) is 12.2 Å². The molecule has 212 valence electrons. The highest BCUT2D eigenvalue weighted by Gasteiger charge is 2.15. The lowest BCUT2D eigenvalue weighted by molar-refractivity contribution is -0.113. The maximum atomic E-state index is 13.3. The number of ether oxygens (including phenoxy) is 1. The third-order valence-electron chi connectivity index (χ3n) is 6.49. The second-order valence-corrected chi connectivity index (χ2v) is 9.93. The number of hydrogen-bond donors (Lipinski definition) is 2. The average molecular weight is 559 g/mol. The third kappa shape index (κ3) is 8.38. The molecule has 0 spiro atoms. The molecule has 42 heavy (non-hydrogen) atoms. The van der Waals surface area contributed by atoms with Crippen molar-refractivity contribution in [1.82, 2.24) is 5.32 Å². The quantitative estimate of drug-likeness (QED) is 0.147. The van der Waals surface area contributed by atoms with E-state index in [2.05, 4.69) is 36.6 Å². The number of anilines is 1. The lowest BCUT2D eigenvalue weighted by atomic mass is 10.0. The van der Waals surface area contributed by atoms with Crippen LogP contribution in [0.15, 0.2) is 115 Å². The van der Waals surface area contributed by atoms with Gasteiger partial charge in [0.1, 0.15) is 11.4 Å². The van der Waals surface area contributed by atoms with E-state index in [0.29, 0.717) is 40.7 Å². The van der Waals surface area contributed by atoms with Gasteiger partial charge in [0.05, 0.1) is 6.61 Å². The van der Waals surface area contributed by atoms with Crippen LogP contribution in [0.2, 0.25) is 0 Å². The molecule has 4 rings (SSSR count). The van der Waals surface area contributed by atoms with E-state index < -0.39 is 11.8 Å². The van der Waals surface area contributed by atoms with Gasteiger partial charge in [-0.3, -0.25) is 14.4 Å². The van der Waals surface area contributed by atoms with Crippen molar-refractivity contribution in [3.63, 3.8) is 0 Å². The maximum Gasteiger partial charge on any atom is 0.272 e. The molecule has 0 aliphatic rings. The van der Waals surface area contributed by atoms with Crippen molar-refractivity contribution in [2.24, 2.45) is 0 Å². The summed E-state index contributed by atoms with van der Waals surface area (Å²) in [6, 6.07) is 30.6. The van der Waals surface area contributed by atoms with Crippen LogP contribution in [-0.4, -0.2) is 24.2 Å². The molecule has 0 fully saturated rings. The van der Waals surface area contributed by atoms with Crippen molar-refractivity contribution in [1.29, 1.82) is 0 Å². The Hall–Kier alpha value is -5.23. The third-order valence-corrected chi connectivity index (χ3v) is 6.49. The highest BCUT2D eigenvalue weighted by Crippen LogP contribution is 2.18. The summed E-state index contributed by atoms with van der Waals surface area (Å²) in [6.07, 6.45) is 4.92. The zero-order chi connectivity index (χ0) is 29.9. The molecule has 0 bridgehead atoms. The van der Waals surface area contributed by atoms with Crippen LogP contribution in [0.3, 0.4) is 0 Å². The van der Waals surface area contributed by atoms with E-state index in [4.69, 9.17) is 4.74 Å². The molecule has 0 aromatic heterocycles. The van der Waals surface area contributed by atoms with Crippen molar-refractivity contribution in [2.75, 3.05) is 11.9 Å². The van der Waals surface area contributed by atoms with Gasteiger partial charge in [0, 0.05) is 16.8 Å². The van der Waals surface area contributed by atoms with Crippen LogP contribution in [0, 0.1) is 0 Å². The van der Waals surface area contributed by atoms with Crippen molar-refractivity contribution in [3.05, 3.63) is 143 Å². The van der Waals surface area contributed by atoms with Crippen molar-refractivity contribution < 1.29 is 19.1 Å². The monoisotopic (exact) mass is 558 g/mol. The number of amides is 2. The van der Waals surface area contributed by atoms with E-state index in [1.165, 1.54) is 11.6 Å². The summed E-state index contributed by atoms with van der Waals surface area (Å²) in [5.41, 5.74) is 4.37.